The average Bonchev–Trinajstić information content (AvgIpc) is 3.26. The van der Waals surface area contributed by atoms with Crippen molar-refractivity contribution in [1.82, 2.24) is 19.3 Å². The molecule has 0 bridgehead atoms. The van der Waals surface area contributed by atoms with Crippen LogP contribution in [-0.2, 0) is 0 Å². The molecule has 0 atom stereocenters. The van der Waals surface area contributed by atoms with Crippen molar-refractivity contribution in [2.24, 2.45) is 0 Å². The van der Waals surface area contributed by atoms with Crippen molar-refractivity contribution in [2.75, 3.05) is 54.0 Å². The Balaban J connectivity index is 1.47. The molecule has 0 aromatic carbocycles. The van der Waals surface area contributed by atoms with E-state index in [1.165, 1.54) is 24.4 Å². The van der Waals surface area contributed by atoms with E-state index in [2.05, 4.69) is 40.1 Å². The van der Waals surface area contributed by atoms with E-state index in [0.717, 1.165) is 67.7 Å². The third kappa shape index (κ3) is 3.15. The Morgan fingerprint density at radius 3 is 1.92 bits per heavy atom. The Labute approximate surface area is 146 Å². The van der Waals surface area contributed by atoms with Gasteiger partial charge in [0.05, 0.1) is 0 Å². The van der Waals surface area contributed by atoms with E-state index in [9.17, 15) is 0 Å². The molecule has 0 aliphatic carbocycles. The highest BCUT2D eigenvalue weighted by Gasteiger charge is 2.22. The molecule has 4 rings (SSSR count). The summed E-state index contributed by atoms with van der Waals surface area (Å²) in [7, 11) is 0. The molecule has 0 radical (unpaired) electrons. The first-order valence-electron chi connectivity index (χ1n) is 8.60. The van der Waals surface area contributed by atoms with Crippen LogP contribution in [0.15, 0.2) is 6.07 Å². The van der Waals surface area contributed by atoms with Crippen LogP contribution in [0.2, 0.25) is 0 Å². The second-order valence-corrected chi connectivity index (χ2v) is 7.15. The molecule has 24 heavy (non-hydrogen) atoms. The molecule has 2 aromatic rings. The lowest BCUT2D eigenvalue weighted by Crippen LogP contribution is -2.47. The summed E-state index contributed by atoms with van der Waals surface area (Å²) in [6.07, 6.45) is 2.52. The molecule has 2 fully saturated rings. The molecule has 0 N–H and O–H groups in total. The first-order valence-corrected chi connectivity index (χ1v) is 9.37. The molecule has 0 saturated carbocycles. The predicted octanol–water partition coefficient (Wildman–Crippen LogP) is 1.87. The Bertz CT molecular complexity index is 702. The number of piperazine rings is 1. The van der Waals surface area contributed by atoms with E-state index < -0.39 is 0 Å². The molecule has 2 aliphatic rings. The molecule has 128 valence electrons. The quantitative estimate of drug-likeness (QED) is 0.841. The number of aromatic nitrogens is 4. The third-order valence-electron chi connectivity index (χ3n) is 4.63. The van der Waals surface area contributed by atoms with Crippen LogP contribution in [-0.4, -0.2) is 58.6 Å². The summed E-state index contributed by atoms with van der Waals surface area (Å²) < 4.78 is 4.29. The van der Waals surface area contributed by atoms with Crippen molar-refractivity contribution in [3.8, 4) is 0 Å². The Morgan fingerprint density at radius 1 is 0.750 bits per heavy atom. The van der Waals surface area contributed by atoms with Crippen molar-refractivity contribution in [3.05, 3.63) is 17.7 Å². The number of rotatable bonds is 3. The Hall–Kier alpha value is -1.96. The smallest absolute Gasteiger partial charge is 0.205 e. The fourth-order valence-corrected chi connectivity index (χ4v) is 4.07. The second kappa shape index (κ2) is 6.51. The van der Waals surface area contributed by atoms with Gasteiger partial charge in [-0.15, -0.1) is 0 Å². The van der Waals surface area contributed by atoms with E-state index in [-0.39, 0.29) is 0 Å². The van der Waals surface area contributed by atoms with E-state index in [4.69, 9.17) is 0 Å². The van der Waals surface area contributed by atoms with Gasteiger partial charge in [0.15, 0.2) is 0 Å². The van der Waals surface area contributed by atoms with E-state index in [1.807, 2.05) is 13.8 Å². The number of aryl methyl sites for hydroxylation is 2. The van der Waals surface area contributed by atoms with Crippen LogP contribution in [0.4, 0.5) is 16.8 Å². The van der Waals surface area contributed by atoms with Crippen molar-refractivity contribution >= 4 is 28.3 Å². The van der Waals surface area contributed by atoms with Crippen LogP contribution in [0.1, 0.15) is 24.5 Å². The monoisotopic (exact) mass is 345 g/mol. The van der Waals surface area contributed by atoms with Crippen molar-refractivity contribution < 1.29 is 0 Å². The standard InChI is InChI=1S/C16H23N7S/c1-12-17-14(21-5-3-4-6-21)11-15(18-12)22-7-9-23(10-8-22)16-19-13(2)20-24-16/h11H,3-10H2,1-2H3. The summed E-state index contributed by atoms with van der Waals surface area (Å²) in [5.41, 5.74) is 0. The predicted molar refractivity (Wildman–Crippen MR) is 97.3 cm³/mol. The number of nitrogens with zero attached hydrogens (tertiary/aromatic N) is 7. The number of hydrogen-bond acceptors (Lipinski definition) is 8. The molecule has 2 aliphatic heterocycles. The zero-order valence-corrected chi connectivity index (χ0v) is 15.1. The third-order valence-corrected chi connectivity index (χ3v) is 5.50. The zero-order valence-electron chi connectivity index (χ0n) is 14.3. The first kappa shape index (κ1) is 15.6. The highest BCUT2D eigenvalue weighted by Crippen LogP contribution is 2.25. The molecule has 7 nitrogen and oxygen atoms in total. The van der Waals surface area contributed by atoms with Crippen molar-refractivity contribution in [3.63, 3.8) is 0 Å². The molecule has 0 spiro atoms. The van der Waals surface area contributed by atoms with Gasteiger partial charge in [0.2, 0.25) is 5.13 Å². The maximum absolute atomic E-state index is 4.68. The summed E-state index contributed by atoms with van der Waals surface area (Å²) in [5, 5.41) is 1.03. The van der Waals surface area contributed by atoms with Gasteiger partial charge in [-0.25, -0.2) is 15.0 Å². The van der Waals surface area contributed by atoms with Crippen LogP contribution in [0.25, 0.3) is 0 Å². The summed E-state index contributed by atoms with van der Waals surface area (Å²) in [4.78, 5) is 20.9. The Kier molecular flexibility index (Phi) is 4.22. The first-order chi connectivity index (χ1) is 11.7. The minimum atomic E-state index is 0.858. The number of hydrogen-bond donors (Lipinski definition) is 0. The molecule has 2 aromatic heterocycles. The van der Waals surface area contributed by atoms with Gasteiger partial charge in [0, 0.05) is 56.9 Å². The molecule has 0 unspecified atom stereocenters. The summed E-state index contributed by atoms with van der Waals surface area (Å²) in [6.45, 7) is 9.97. The summed E-state index contributed by atoms with van der Waals surface area (Å²) >= 11 is 1.49. The second-order valence-electron chi connectivity index (χ2n) is 6.42. The topological polar surface area (TPSA) is 61.3 Å². The van der Waals surface area contributed by atoms with Crippen LogP contribution in [0, 0.1) is 13.8 Å². The fraction of sp³-hybridized carbons (Fsp3) is 0.625. The summed E-state index contributed by atoms with van der Waals surface area (Å²) in [6, 6.07) is 2.16. The van der Waals surface area contributed by atoms with E-state index in [0.29, 0.717) is 0 Å². The zero-order chi connectivity index (χ0) is 16.5. The molecule has 2 saturated heterocycles. The van der Waals surface area contributed by atoms with E-state index >= 15 is 0 Å². The van der Waals surface area contributed by atoms with Gasteiger partial charge in [-0.2, -0.15) is 4.37 Å². The lowest BCUT2D eigenvalue weighted by Gasteiger charge is -2.35. The van der Waals surface area contributed by atoms with Gasteiger partial charge < -0.3 is 14.7 Å². The molecule has 0 amide bonds. The molecule has 4 heterocycles. The molecular weight excluding hydrogens is 322 g/mol. The van der Waals surface area contributed by atoms with Gasteiger partial charge in [0.25, 0.3) is 0 Å². The largest absolute Gasteiger partial charge is 0.356 e. The maximum Gasteiger partial charge on any atom is 0.205 e. The average molecular weight is 345 g/mol. The minimum Gasteiger partial charge on any atom is -0.356 e. The van der Waals surface area contributed by atoms with Crippen molar-refractivity contribution in [2.45, 2.75) is 26.7 Å². The van der Waals surface area contributed by atoms with Gasteiger partial charge >= 0.3 is 0 Å². The van der Waals surface area contributed by atoms with Crippen LogP contribution in [0.3, 0.4) is 0 Å². The Morgan fingerprint density at radius 2 is 1.33 bits per heavy atom. The minimum absolute atomic E-state index is 0.858. The van der Waals surface area contributed by atoms with Gasteiger partial charge in [-0.3, -0.25) is 0 Å². The SMILES string of the molecule is Cc1nc(N2CCCC2)cc(N2CCN(c3nc(C)ns3)CC2)n1. The fourth-order valence-electron chi connectivity index (χ4n) is 3.35. The molecular formula is C16H23N7S. The van der Waals surface area contributed by atoms with Crippen molar-refractivity contribution in [1.29, 1.82) is 0 Å². The lowest BCUT2D eigenvalue weighted by molar-refractivity contribution is 0.643. The molecule has 8 heteroatoms. The lowest BCUT2D eigenvalue weighted by atomic mass is 10.3. The maximum atomic E-state index is 4.68. The van der Waals surface area contributed by atoms with Gasteiger partial charge in [0.1, 0.15) is 23.3 Å². The van der Waals surface area contributed by atoms with Crippen LogP contribution >= 0.6 is 11.5 Å². The van der Waals surface area contributed by atoms with E-state index in [1.54, 1.807) is 0 Å². The van der Waals surface area contributed by atoms with Gasteiger partial charge in [-0.05, 0) is 26.7 Å². The summed E-state index contributed by atoms with van der Waals surface area (Å²) in [5.74, 6) is 3.85. The highest BCUT2D eigenvalue weighted by molar-refractivity contribution is 7.09. The highest BCUT2D eigenvalue weighted by atomic mass is 32.1. The normalized spacial score (nSPS) is 18.5. The number of anilines is 3. The van der Waals surface area contributed by atoms with Crippen LogP contribution in [0.5, 0.6) is 0 Å². The van der Waals surface area contributed by atoms with Gasteiger partial charge in [-0.1, -0.05) is 0 Å². The van der Waals surface area contributed by atoms with Crippen LogP contribution < -0.4 is 14.7 Å².